The maximum atomic E-state index is 11.6. The summed E-state index contributed by atoms with van der Waals surface area (Å²) >= 11 is 0. The van der Waals surface area contributed by atoms with Crippen LogP contribution in [0.15, 0.2) is 35.4 Å². The molecule has 1 aromatic carbocycles. The van der Waals surface area contributed by atoms with Gasteiger partial charge in [0.2, 0.25) is 0 Å². The van der Waals surface area contributed by atoms with Crippen molar-refractivity contribution in [2.24, 2.45) is 5.10 Å². The molecule has 0 unspecified atom stereocenters. The van der Waals surface area contributed by atoms with Gasteiger partial charge in [0.1, 0.15) is 0 Å². The molecule has 3 aromatic rings. The third-order valence-electron chi connectivity index (χ3n) is 3.82. The van der Waals surface area contributed by atoms with Crippen LogP contribution in [0.3, 0.4) is 0 Å². The first-order chi connectivity index (χ1) is 13.0. The van der Waals surface area contributed by atoms with Gasteiger partial charge in [0, 0.05) is 11.4 Å². The van der Waals surface area contributed by atoms with E-state index in [0.29, 0.717) is 24.0 Å². The number of benzene rings is 1. The van der Waals surface area contributed by atoms with Gasteiger partial charge in [-0.05, 0) is 45.9 Å². The highest BCUT2D eigenvalue weighted by Gasteiger charge is 2.14. The average molecular weight is 366 g/mol. The quantitative estimate of drug-likeness (QED) is 0.409. The van der Waals surface area contributed by atoms with E-state index < -0.39 is 0 Å². The Morgan fingerprint density at radius 3 is 2.56 bits per heavy atom. The number of carbonyl (C=O) groups excluding carboxylic acids is 1. The van der Waals surface area contributed by atoms with Crippen molar-refractivity contribution in [1.29, 1.82) is 0 Å². The molecule has 0 amide bonds. The number of anilines is 1. The predicted octanol–water partition coefficient (Wildman–Crippen LogP) is 3.17. The molecule has 0 atom stereocenters. The number of para-hydroxylation sites is 2. The molecule has 0 radical (unpaired) electrons. The molecule has 0 aliphatic heterocycles. The Bertz CT molecular complexity index is 1010. The number of hydrogen-bond donors (Lipinski definition) is 1. The number of ether oxygens (including phenoxy) is 1. The van der Waals surface area contributed by atoms with Crippen molar-refractivity contribution in [3.05, 3.63) is 41.7 Å². The first-order valence-corrected chi connectivity index (χ1v) is 8.73. The van der Waals surface area contributed by atoms with Crippen LogP contribution in [-0.4, -0.2) is 38.0 Å². The van der Waals surface area contributed by atoms with Crippen LogP contribution in [0.5, 0.6) is 0 Å². The van der Waals surface area contributed by atoms with E-state index in [9.17, 15) is 4.79 Å². The SMILES string of the molecule is CCOC(=O)C/C(C)=N\Nc1nc2ccccc2nc1-n1nc(C)cc1C. The van der Waals surface area contributed by atoms with E-state index in [4.69, 9.17) is 9.72 Å². The number of fused-ring (bicyclic) bond motifs is 1. The topological polar surface area (TPSA) is 94.3 Å². The highest BCUT2D eigenvalue weighted by molar-refractivity contribution is 5.97. The molecule has 0 bridgehead atoms. The van der Waals surface area contributed by atoms with Gasteiger partial charge in [-0.1, -0.05) is 12.1 Å². The maximum Gasteiger partial charge on any atom is 0.311 e. The van der Waals surface area contributed by atoms with Crippen molar-refractivity contribution < 1.29 is 9.53 Å². The highest BCUT2D eigenvalue weighted by atomic mass is 16.5. The van der Waals surface area contributed by atoms with E-state index >= 15 is 0 Å². The van der Waals surface area contributed by atoms with Crippen molar-refractivity contribution in [3.63, 3.8) is 0 Å². The molecular weight excluding hydrogens is 344 g/mol. The molecule has 2 heterocycles. The van der Waals surface area contributed by atoms with Gasteiger partial charge in [0.15, 0.2) is 11.6 Å². The van der Waals surface area contributed by atoms with Crippen LogP contribution in [0.4, 0.5) is 5.82 Å². The van der Waals surface area contributed by atoms with Crippen molar-refractivity contribution in [1.82, 2.24) is 19.7 Å². The van der Waals surface area contributed by atoms with Gasteiger partial charge < -0.3 is 4.74 Å². The Hall–Kier alpha value is -3.29. The predicted molar refractivity (Wildman–Crippen MR) is 104 cm³/mol. The number of hydrogen-bond acceptors (Lipinski definition) is 7. The molecule has 0 aliphatic carbocycles. The average Bonchev–Trinajstić information content (AvgIpc) is 2.97. The summed E-state index contributed by atoms with van der Waals surface area (Å²) in [5.74, 6) is 0.694. The van der Waals surface area contributed by atoms with E-state index in [-0.39, 0.29) is 12.4 Å². The minimum atomic E-state index is -0.316. The van der Waals surface area contributed by atoms with Crippen LogP contribution in [-0.2, 0) is 9.53 Å². The Kier molecular flexibility index (Phi) is 5.44. The summed E-state index contributed by atoms with van der Waals surface area (Å²) in [6, 6.07) is 9.57. The molecule has 1 N–H and O–H groups in total. The zero-order chi connectivity index (χ0) is 19.4. The molecule has 8 heteroatoms. The molecule has 8 nitrogen and oxygen atoms in total. The van der Waals surface area contributed by atoms with Gasteiger partial charge in [0.05, 0.1) is 29.8 Å². The van der Waals surface area contributed by atoms with Crippen molar-refractivity contribution in [3.8, 4) is 5.82 Å². The second kappa shape index (κ2) is 7.94. The van der Waals surface area contributed by atoms with Gasteiger partial charge in [-0.25, -0.2) is 14.6 Å². The van der Waals surface area contributed by atoms with E-state index in [1.165, 1.54) is 0 Å². The standard InChI is InChI=1S/C19H22N6O2/c1-5-27-17(26)11-12(2)22-23-18-19(25-14(4)10-13(3)24-25)21-16-9-7-6-8-15(16)20-18/h6-10H,5,11H2,1-4H3,(H,20,23)/b22-12-. The summed E-state index contributed by atoms with van der Waals surface area (Å²) in [5.41, 5.74) is 6.84. The van der Waals surface area contributed by atoms with Crippen LogP contribution in [0.25, 0.3) is 16.9 Å². The molecule has 27 heavy (non-hydrogen) atoms. The molecule has 0 saturated heterocycles. The van der Waals surface area contributed by atoms with Crippen LogP contribution in [0.2, 0.25) is 0 Å². The first-order valence-electron chi connectivity index (χ1n) is 8.73. The van der Waals surface area contributed by atoms with Gasteiger partial charge in [0.25, 0.3) is 0 Å². The van der Waals surface area contributed by atoms with Crippen molar-refractivity contribution in [2.75, 3.05) is 12.0 Å². The number of aryl methyl sites for hydroxylation is 2. The Balaban J connectivity index is 1.99. The second-order valence-electron chi connectivity index (χ2n) is 6.16. The number of aromatic nitrogens is 4. The number of hydrazone groups is 1. The minimum absolute atomic E-state index is 0.108. The van der Waals surface area contributed by atoms with E-state index in [2.05, 4.69) is 20.6 Å². The van der Waals surface area contributed by atoms with E-state index in [1.54, 1.807) is 18.5 Å². The second-order valence-corrected chi connectivity index (χ2v) is 6.16. The molecule has 0 saturated carbocycles. The molecule has 0 spiro atoms. The molecule has 0 aliphatic rings. The smallest absolute Gasteiger partial charge is 0.311 e. The zero-order valence-corrected chi connectivity index (χ0v) is 15.9. The summed E-state index contributed by atoms with van der Waals surface area (Å²) in [5, 5.41) is 8.77. The number of esters is 1. The normalized spacial score (nSPS) is 11.6. The van der Waals surface area contributed by atoms with E-state index in [1.807, 2.05) is 44.2 Å². The first kappa shape index (κ1) is 18.5. The number of rotatable bonds is 6. The fourth-order valence-electron chi connectivity index (χ4n) is 2.67. The Morgan fingerprint density at radius 1 is 1.22 bits per heavy atom. The lowest BCUT2D eigenvalue weighted by molar-refractivity contribution is -0.141. The van der Waals surface area contributed by atoms with Gasteiger partial charge in [-0.3, -0.25) is 10.2 Å². The lowest BCUT2D eigenvalue weighted by atomic mass is 10.3. The van der Waals surface area contributed by atoms with Crippen LogP contribution < -0.4 is 5.43 Å². The maximum absolute atomic E-state index is 11.6. The zero-order valence-electron chi connectivity index (χ0n) is 15.9. The van der Waals surface area contributed by atoms with Gasteiger partial charge in [-0.15, -0.1) is 0 Å². The molecular formula is C19H22N6O2. The molecule has 0 fully saturated rings. The molecule has 3 rings (SSSR count). The summed E-state index contributed by atoms with van der Waals surface area (Å²) in [6.45, 7) is 7.75. The lowest BCUT2D eigenvalue weighted by Crippen LogP contribution is -2.12. The fourth-order valence-corrected chi connectivity index (χ4v) is 2.67. The number of nitrogens with zero attached hydrogens (tertiary/aromatic N) is 5. The lowest BCUT2D eigenvalue weighted by Gasteiger charge is -2.11. The summed E-state index contributed by atoms with van der Waals surface area (Å²) in [6.07, 6.45) is 0.108. The third kappa shape index (κ3) is 4.28. The largest absolute Gasteiger partial charge is 0.466 e. The minimum Gasteiger partial charge on any atom is -0.466 e. The summed E-state index contributed by atoms with van der Waals surface area (Å²) in [4.78, 5) is 20.9. The Labute approximate surface area is 157 Å². The number of nitrogens with one attached hydrogen (secondary N) is 1. The van der Waals surface area contributed by atoms with Crippen molar-refractivity contribution >= 4 is 28.5 Å². The van der Waals surface area contributed by atoms with Crippen LogP contribution >= 0.6 is 0 Å². The highest BCUT2D eigenvalue weighted by Crippen LogP contribution is 2.22. The summed E-state index contributed by atoms with van der Waals surface area (Å²) in [7, 11) is 0. The van der Waals surface area contributed by atoms with Gasteiger partial charge >= 0.3 is 5.97 Å². The van der Waals surface area contributed by atoms with E-state index in [0.717, 1.165) is 22.4 Å². The van der Waals surface area contributed by atoms with Crippen molar-refractivity contribution in [2.45, 2.75) is 34.1 Å². The summed E-state index contributed by atoms with van der Waals surface area (Å²) < 4.78 is 6.67. The van der Waals surface area contributed by atoms with Gasteiger partial charge in [-0.2, -0.15) is 10.2 Å². The Morgan fingerprint density at radius 2 is 1.93 bits per heavy atom. The molecule has 140 valence electrons. The van der Waals surface area contributed by atoms with Crippen LogP contribution in [0, 0.1) is 13.8 Å². The molecule has 2 aromatic heterocycles. The number of carbonyl (C=O) groups is 1. The van der Waals surface area contributed by atoms with Crippen LogP contribution in [0.1, 0.15) is 31.7 Å². The monoisotopic (exact) mass is 366 g/mol. The third-order valence-corrected chi connectivity index (χ3v) is 3.82. The fraction of sp³-hybridized carbons (Fsp3) is 0.316.